The number of hydrogen-bond acceptors (Lipinski definition) is 3. The van der Waals surface area contributed by atoms with Crippen LogP contribution in [-0.4, -0.2) is 43.0 Å². The van der Waals surface area contributed by atoms with E-state index in [1.165, 1.54) is 0 Å². The van der Waals surface area contributed by atoms with Crippen LogP contribution < -0.4 is 5.32 Å². The molecule has 3 rings (SSSR count). The van der Waals surface area contributed by atoms with Crippen LogP contribution in [0.4, 0.5) is 0 Å². The van der Waals surface area contributed by atoms with Gasteiger partial charge in [-0.1, -0.05) is 18.2 Å². The van der Waals surface area contributed by atoms with Gasteiger partial charge in [0.15, 0.2) is 0 Å². The van der Waals surface area contributed by atoms with Crippen LogP contribution in [0.15, 0.2) is 42.5 Å². The van der Waals surface area contributed by atoms with Gasteiger partial charge in [0.1, 0.15) is 0 Å². The molecule has 0 saturated carbocycles. The highest BCUT2D eigenvalue weighted by Gasteiger charge is 2.13. The van der Waals surface area contributed by atoms with E-state index in [9.17, 15) is 4.79 Å². The molecule has 0 atom stereocenters. The van der Waals surface area contributed by atoms with Gasteiger partial charge >= 0.3 is 0 Å². The van der Waals surface area contributed by atoms with E-state index >= 15 is 0 Å². The van der Waals surface area contributed by atoms with Gasteiger partial charge in [-0.15, -0.1) is 24.8 Å². The maximum Gasteiger partial charge on any atom is 0.253 e. The fraction of sp³-hybridized carbons (Fsp3) is 0.263. The Kier molecular flexibility index (Phi) is 7.61. The number of halogens is 2. The molecule has 1 aromatic heterocycles. The lowest BCUT2D eigenvalue weighted by Gasteiger charge is -2.12. The second-order valence-electron chi connectivity index (χ2n) is 6.12. The maximum atomic E-state index is 12.6. The number of rotatable bonds is 4. The van der Waals surface area contributed by atoms with Gasteiger partial charge in [-0.3, -0.25) is 4.79 Å². The summed E-state index contributed by atoms with van der Waals surface area (Å²) < 4.78 is 0. The van der Waals surface area contributed by atoms with Gasteiger partial charge in [0.25, 0.3) is 5.91 Å². The molecule has 1 N–H and O–H groups in total. The molecule has 0 aliphatic rings. The quantitative estimate of drug-likeness (QED) is 0.700. The summed E-state index contributed by atoms with van der Waals surface area (Å²) in [7, 11) is 3.98. The molecule has 6 heteroatoms. The largest absolute Gasteiger partial charge is 0.351 e. The Hall–Kier alpha value is -1.88. The Morgan fingerprint density at radius 3 is 2.52 bits per heavy atom. The maximum absolute atomic E-state index is 12.6. The van der Waals surface area contributed by atoms with Gasteiger partial charge in [0.2, 0.25) is 0 Å². The highest BCUT2D eigenvalue weighted by Crippen LogP contribution is 2.24. The molecule has 0 aliphatic heterocycles. The highest BCUT2D eigenvalue weighted by molar-refractivity contribution is 6.08. The van der Waals surface area contributed by atoms with Gasteiger partial charge in [0, 0.05) is 23.9 Å². The number of carbonyl (C=O) groups excluding carboxylic acids is 1. The lowest BCUT2D eigenvalue weighted by molar-refractivity contribution is 0.0952. The zero-order valence-electron chi connectivity index (χ0n) is 14.6. The summed E-state index contributed by atoms with van der Waals surface area (Å²) in [5.41, 5.74) is 3.37. The number of benzene rings is 2. The van der Waals surface area contributed by atoms with Crippen LogP contribution in [0.2, 0.25) is 0 Å². The van der Waals surface area contributed by atoms with E-state index in [-0.39, 0.29) is 30.7 Å². The van der Waals surface area contributed by atoms with Gasteiger partial charge in [-0.05, 0) is 50.8 Å². The van der Waals surface area contributed by atoms with Crippen LogP contribution in [-0.2, 0) is 0 Å². The second-order valence-corrected chi connectivity index (χ2v) is 6.12. The standard InChI is InChI=1S/C19H21N3O.2ClH/c1-13-10-15-12-14-6-4-5-7-17(14)21-18(15)16(11-13)19(23)20-8-9-22(2)3;;/h4-7,10-12H,8-9H2,1-3H3,(H,20,23);2*1H. The van der Waals surface area contributed by atoms with E-state index in [4.69, 9.17) is 4.98 Å². The van der Waals surface area contributed by atoms with Gasteiger partial charge in [-0.25, -0.2) is 4.98 Å². The van der Waals surface area contributed by atoms with E-state index in [0.717, 1.165) is 33.9 Å². The third-order valence-corrected chi connectivity index (χ3v) is 3.85. The first-order valence-electron chi connectivity index (χ1n) is 7.77. The van der Waals surface area contributed by atoms with E-state index < -0.39 is 0 Å². The molecule has 0 bridgehead atoms. The molecule has 0 unspecified atom stereocenters. The van der Waals surface area contributed by atoms with Crippen LogP contribution in [0.1, 0.15) is 15.9 Å². The summed E-state index contributed by atoms with van der Waals surface area (Å²) in [4.78, 5) is 19.3. The van der Waals surface area contributed by atoms with Crippen LogP contribution in [0.3, 0.4) is 0 Å². The molecule has 2 aromatic carbocycles. The molecule has 4 nitrogen and oxygen atoms in total. The fourth-order valence-electron chi connectivity index (χ4n) is 2.70. The number of nitrogens with zero attached hydrogens (tertiary/aromatic N) is 2. The average Bonchev–Trinajstić information content (AvgIpc) is 2.51. The zero-order chi connectivity index (χ0) is 16.4. The monoisotopic (exact) mass is 379 g/mol. The van der Waals surface area contributed by atoms with Crippen LogP contribution in [0.25, 0.3) is 21.8 Å². The van der Waals surface area contributed by atoms with Crippen molar-refractivity contribution in [3.05, 3.63) is 53.6 Å². The number of fused-ring (bicyclic) bond motifs is 2. The Labute approximate surface area is 160 Å². The Morgan fingerprint density at radius 1 is 1.08 bits per heavy atom. The minimum Gasteiger partial charge on any atom is -0.351 e. The van der Waals surface area contributed by atoms with E-state index in [1.54, 1.807) is 0 Å². The molecule has 0 fully saturated rings. The van der Waals surface area contributed by atoms with Crippen molar-refractivity contribution in [1.29, 1.82) is 0 Å². The minimum atomic E-state index is -0.0664. The number of pyridine rings is 1. The number of hydrogen-bond donors (Lipinski definition) is 1. The van der Waals surface area contributed by atoms with Crippen molar-refractivity contribution < 1.29 is 4.79 Å². The third kappa shape index (κ3) is 4.82. The normalized spacial score (nSPS) is 10.4. The number of nitrogens with one attached hydrogen (secondary N) is 1. The van der Waals surface area contributed by atoms with Crippen molar-refractivity contribution in [2.45, 2.75) is 6.92 Å². The summed E-state index contributed by atoms with van der Waals surface area (Å²) in [6, 6.07) is 14.1. The second kappa shape index (κ2) is 8.99. The topological polar surface area (TPSA) is 45.2 Å². The van der Waals surface area contributed by atoms with E-state index in [0.29, 0.717) is 12.1 Å². The molecule has 3 aromatic rings. The first kappa shape index (κ1) is 21.2. The van der Waals surface area contributed by atoms with Crippen LogP contribution >= 0.6 is 24.8 Å². The summed E-state index contributed by atoms with van der Waals surface area (Å²) in [5, 5.41) is 5.07. The summed E-state index contributed by atoms with van der Waals surface area (Å²) in [5.74, 6) is -0.0664. The molecule has 1 heterocycles. The number of aryl methyl sites for hydroxylation is 1. The summed E-state index contributed by atoms with van der Waals surface area (Å²) in [6.45, 7) is 3.44. The lowest BCUT2D eigenvalue weighted by atomic mass is 10.0. The first-order valence-corrected chi connectivity index (χ1v) is 7.77. The van der Waals surface area contributed by atoms with Crippen molar-refractivity contribution in [3.8, 4) is 0 Å². The average molecular weight is 380 g/mol. The van der Waals surface area contributed by atoms with E-state index in [1.807, 2.05) is 56.3 Å². The predicted molar refractivity (Wildman–Crippen MR) is 109 cm³/mol. The molecule has 0 aliphatic carbocycles. The molecule has 0 spiro atoms. The van der Waals surface area contributed by atoms with Crippen molar-refractivity contribution in [1.82, 2.24) is 15.2 Å². The molecular weight excluding hydrogens is 357 g/mol. The minimum absolute atomic E-state index is 0. The Balaban J connectivity index is 0.00000156. The molecule has 0 radical (unpaired) electrons. The SMILES string of the molecule is Cc1cc(C(=O)NCCN(C)C)c2nc3ccccc3cc2c1.Cl.Cl. The fourth-order valence-corrected chi connectivity index (χ4v) is 2.70. The van der Waals surface area contributed by atoms with Gasteiger partial charge < -0.3 is 10.2 Å². The Morgan fingerprint density at radius 2 is 1.80 bits per heavy atom. The molecular formula is C19H23Cl2N3O. The molecule has 0 saturated heterocycles. The summed E-state index contributed by atoms with van der Waals surface area (Å²) in [6.07, 6.45) is 0. The van der Waals surface area contributed by atoms with E-state index in [2.05, 4.69) is 17.4 Å². The number of amides is 1. The predicted octanol–water partition coefficient (Wildman–Crippen LogP) is 3.83. The molecule has 1 amide bonds. The Bertz CT molecular complexity index is 881. The third-order valence-electron chi connectivity index (χ3n) is 3.85. The van der Waals surface area contributed by atoms with Gasteiger partial charge in [0.05, 0.1) is 16.6 Å². The first-order chi connectivity index (χ1) is 11.0. The number of para-hydroxylation sites is 1. The van der Waals surface area contributed by atoms with Crippen molar-refractivity contribution in [2.24, 2.45) is 0 Å². The lowest BCUT2D eigenvalue weighted by Crippen LogP contribution is -2.31. The molecule has 134 valence electrons. The summed E-state index contributed by atoms with van der Waals surface area (Å²) >= 11 is 0. The van der Waals surface area contributed by atoms with Crippen molar-refractivity contribution in [2.75, 3.05) is 27.2 Å². The zero-order valence-corrected chi connectivity index (χ0v) is 16.2. The number of carbonyl (C=O) groups is 1. The van der Waals surface area contributed by atoms with Crippen LogP contribution in [0, 0.1) is 6.92 Å². The highest BCUT2D eigenvalue weighted by atomic mass is 35.5. The van der Waals surface area contributed by atoms with Crippen molar-refractivity contribution >= 4 is 52.5 Å². The number of likely N-dealkylation sites (N-methyl/N-ethyl adjacent to an activating group) is 1. The van der Waals surface area contributed by atoms with Crippen LogP contribution in [0.5, 0.6) is 0 Å². The number of aromatic nitrogens is 1. The van der Waals surface area contributed by atoms with Gasteiger partial charge in [-0.2, -0.15) is 0 Å². The molecule has 25 heavy (non-hydrogen) atoms. The smallest absolute Gasteiger partial charge is 0.253 e. The van der Waals surface area contributed by atoms with Crippen molar-refractivity contribution in [3.63, 3.8) is 0 Å².